The van der Waals surface area contributed by atoms with Gasteiger partial charge in [0.15, 0.2) is 11.5 Å². The molecule has 0 unspecified atom stereocenters. The maximum Gasteiger partial charge on any atom is 0.243 e. The normalized spacial score (nSPS) is 10.1. The van der Waals surface area contributed by atoms with E-state index in [2.05, 4.69) is 5.32 Å². The number of ether oxygens (including phenoxy) is 3. The van der Waals surface area contributed by atoms with E-state index in [-0.39, 0.29) is 18.4 Å². The van der Waals surface area contributed by atoms with Crippen LogP contribution in [0.2, 0.25) is 0 Å². The maximum atomic E-state index is 12.1. The van der Waals surface area contributed by atoms with E-state index >= 15 is 0 Å². The number of nitrogens with zero attached hydrogens (tertiary/aromatic N) is 1. The van der Waals surface area contributed by atoms with E-state index in [1.807, 2.05) is 0 Å². The third-order valence-electron chi connectivity index (χ3n) is 3.22. The minimum Gasteiger partial charge on any atom is -0.493 e. The summed E-state index contributed by atoms with van der Waals surface area (Å²) in [5.41, 5.74) is 0.577. The lowest BCUT2D eigenvalue weighted by molar-refractivity contribution is -0.132. The van der Waals surface area contributed by atoms with Crippen molar-refractivity contribution in [2.24, 2.45) is 0 Å². The van der Waals surface area contributed by atoms with Crippen molar-refractivity contribution in [1.82, 2.24) is 4.90 Å². The summed E-state index contributed by atoms with van der Waals surface area (Å²) in [5.74, 6) is 0.678. The fourth-order valence-electron chi connectivity index (χ4n) is 2.04. The van der Waals surface area contributed by atoms with Gasteiger partial charge < -0.3 is 24.4 Å². The summed E-state index contributed by atoms with van der Waals surface area (Å²) in [6.45, 7) is 2.45. The fraction of sp³-hybridized carbons (Fsp3) is 0.500. The number of hydrogen-bond acceptors (Lipinski definition) is 5. The van der Waals surface area contributed by atoms with E-state index in [0.29, 0.717) is 36.8 Å². The largest absolute Gasteiger partial charge is 0.493 e. The topological polar surface area (TPSA) is 77.1 Å². The summed E-state index contributed by atoms with van der Waals surface area (Å²) in [5, 5.41) is 2.74. The number of carbonyl (C=O) groups is 2. The molecule has 1 aromatic carbocycles. The summed E-state index contributed by atoms with van der Waals surface area (Å²) >= 11 is 0. The van der Waals surface area contributed by atoms with Crippen molar-refractivity contribution in [3.8, 4) is 11.5 Å². The lowest BCUT2D eigenvalue weighted by Gasteiger charge is -2.20. The van der Waals surface area contributed by atoms with Crippen LogP contribution in [0.5, 0.6) is 11.5 Å². The van der Waals surface area contributed by atoms with E-state index in [9.17, 15) is 9.59 Å². The molecule has 1 N–H and O–H groups in total. The van der Waals surface area contributed by atoms with E-state index in [1.54, 1.807) is 32.4 Å². The van der Waals surface area contributed by atoms with Crippen molar-refractivity contribution in [1.29, 1.82) is 0 Å². The summed E-state index contributed by atoms with van der Waals surface area (Å²) in [7, 11) is 4.67. The number of carbonyl (C=O) groups excluding carboxylic acids is 2. The predicted octanol–water partition coefficient (Wildman–Crippen LogP) is 1.53. The summed E-state index contributed by atoms with van der Waals surface area (Å²) in [6.07, 6.45) is 0.680. The van der Waals surface area contributed by atoms with Crippen molar-refractivity contribution in [2.45, 2.75) is 13.3 Å². The van der Waals surface area contributed by atoms with Crippen molar-refractivity contribution in [2.75, 3.05) is 46.3 Å². The Labute approximate surface area is 136 Å². The zero-order chi connectivity index (χ0) is 17.2. The lowest BCUT2D eigenvalue weighted by atomic mass is 10.2. The summed E-state index contributed by atoms with van der Waals surface area (Å²) in [4.78, 5) is 25.2. The Morgan fingerprint density at radius 2 is 1.83 bits per heavy atom. The smallest absolute Gasteiger partial charge is 0.243 e. The van der Waals surface area contributed by atoms with Gasteiger partial charge in [0.05, 0.1) is 20.8 Å². The molecule has 7 heteroatoms. The molecular weight excluding hydrogens is 300 g/mol. The number of rotatable bonds is 9. The van der Waals surface area contributed by atoms with Crippen LogP contribution in [-0.4, -0.2) is 57.7 Å². The third-order valence-corrected chi connectivity index (χ3v) is 3.22. The number of amides is 2. The molecule has 2 amide bonds. The highest BCUT2D eigenvalue weighted by Crippen LogP contribution is 2.29. The molecule has 128 valence electrons. The molecule has 0 aliphatic rings. The Hall–Kier alpha value is -2.28. The molecule has 0 saturated heterocycles. The second-order valence-corrected chi connectivity index (χ2v) is 4.90. The Morgan fingerprint density at radius 3 is 2.39 bits per heavy atom. The molecule has 0 heterocycles. The van der Waals surface area contributed by atoms with Crippen molar-refractivity contribution in [3.05, 3.63) is 18.2 Å². The zero-order valence-corrected chi connectivity index (χ0v) is 14.0. The highest BCUT2D eigenvalue weighted by atomic mass is 16.5. The van der Waals surface area contributed by atoms with Gasteiger partial charge in [0, 0.05) is 38.9 Å². The van der Waals surface area contributed by atoms with E-state index in [1.165, 1.54) is 18.9 Å². The molecule has 0 saturated carbocycles. The predicted molar refractivity (Wildman–Crippen MR) is 86.9 cm³/mol. The van der Waals surface area contributed by atoms with E-state index < -0.39 is 0 Å². The van der Waals surface area contributed by atoms with Crippen LogP contribution >= 0.6 is 0 Å². The van der Waals surface area contributed by atoms with Crippen molar-refractivity contribution < 1.29 is 23.8 Å². The Kier molecular flexibility index (Phi) is 7.90. The van der Waals surface area contributed by atoms with E-state index in [4.69, 9.17) is 14.2 Å². The second kappa shape index (κ2) is 9.68. The van der Waals surface area contributed by atoms with Gasteiger partial charge in [-0.25, -0.2) is 0 Å². The van der Waals surface area contributed by atoms with Gasteiger partial charge in [-0.15, -0.1) is 0 Å². The van der Waals surface area contributed by atoms with Gasteiger partial charge in [-0.2, -0.15) is 0 Å². The monoisotopic (exact) mass is 324 g/mol. The average Bonchev–Trinajstić information content (AvgIpc) is 2.53. The van der Waals surface area contributed by atoms with Crippen molar-refractivity contribution in [3.63, 3.8) is 0 Å². The van der Waals surface area contributed by atoms with Crippen LogP contribution in [0.15, 0.2) is 18.2 Å². The van der Waals surface area contributed by atoms with Crippen LogP contribution in [0.4, 0.5) is 5.69 Å². The van der Waals surface area contributed by atoms with Crippen LogP contribution in [-0.2, 0) is 14.3 Å². The minimum atomic E-state index is -0.273. The molecule has 0 spiro atoms. The molecule has 0 aliphatic carbocycles. The van der Waals surface area contributed by atoms with Crippen LogP contribution in [0, 0.1) is 0 Å². The first-order chi connectivity index (χ1) is 11.0. The first-order valence-corrected chi connectivity index (χ1v) is 7.28. The van der Waals surface area contributed by atoms with Crippen LogP contribution in [0.1, 0.15) is 13.3 Å². The Bertz CT molecular complexity index is 533. The van der Waals surface area contributed by atoms with Gasteiger partial charge in [-0.3, -0.25) is 9.59 Å². The standard InChI is InChI=1S/C16H24N2O5/c1-12(19)18(8-5-9-21-2)11-16(20)17-13-6-7-14(22-3)15(10-13)23-4/h6-7,10H,5,8-9,11H2,1-4H3,(H,17,20). The van der Waals surface area contributed by atoms with Gasteiger partial charge in [0.25, 0.3) is 0 Å². The van der Waals surface area contributed by atoms with E-state index in [0.717, 1.165) is 0 Å². The van der Waals surface area contributed by atoms with Gasteiger partial charge >= 0.3 is 0 Å². The van der Waals surface area contributed by atoms with Gasteiger partial charge in [0.1, 0.15) is 0 Å². The maximum absolute atomic E-state index is 12.1. The molecule has 23 heavy (non-hydrogen) atoms. The van der Waals surface area contributed by atoms with Crippen molar-refractivity contribution >= 4 is 17.5 Å². The molecule has 0 atom stereocenters. The summed E-state index contributed by atoms with van der Waals surface area (Å²) in [6, 6.07) is 5.08. The number of benzene rings is 1. The highest BCUT2D eigenvalue weighted by Gasteiger charge is 2.14. The third kappa shape index (κ3) is 6.15. The van der Waals surface area contributed by atoms with Gasteiger partial charge in [-0.05, 0) is 18.6 Å². The number of nitrogens with one attached hydrogen (secondary N) is 1. The molecule has 0 bridgehead atoms. The number of methoxy groups -OCH3 is 3. The molecule has 1 aromatic rings. The Balaban J connectivity index is 2.65. The highest BCUT2D eigenvalue weighted by molar-refractivity contribution is 5.94. The molecule has 7 nitrogen and oxygen atoms in total. The van der Waals surface area contributed by atoms with Crippen LogP contribution < -0.4 is 14.8 Å². The number of anilines is 1. The first kappa shape index (κ1) is 18.8. The molecule has 0 radical (unpaired) electrons. The molecular formula is C16H24N2O5. The van der Waals surface area contributed by atoms with Crippen LogP contribution in [0.3, 0.4) is 0 Å². The Morgan fingerprint density at radius 1 is 1.13 bits per heavy atom. The SMILES string of the molecule is COCCCN(CC(=O)Nc1ccc(OC)c(OC)c1)C(C)=O. The molecule has 0 aromatic heterocycles. The van der Waals surface area contributed by atoms with Gasteiger partial charge in [-0.1, -0.05) is 0 Å². The molecule has 0 aliphatic heterocycles. The molecule has 1 rings (SSSR count). The second-order valence-electron chi connectivity index (χ2n) is 4.90. The first-order valence-electron chi connectivity index (χ1n) is 7.28. The average molecular weight is 324 g/mol. The number of hydrogen-bond donors (Lipinski definition) is 1. The quantitative estimate of drug-likeness (QED) is 0.697. The minimum absolute atomic E-state index is 0.00656. The van der Waals surface area contributed by atoms with Crippen LogP contribution in [0.25, 0.3) is 0 Å². The summed E-state index contributed by atoms with van der Waals surface area (Å²) < 4.78 is 15.3. The molecule has 0 fully saturated rings. The van der Waals surface area contributed by atoms with Gasteiger partial charge in [0.2, 0.25) is 11.8 Å². The zero-order valence-electron chi connectivity index (χ0n) is 14.0. The lowest BCUT2D eigenvalue weighted by Crippen LogP contribution is -2.37. The fourth-order valence-corrected chi connectivity index (χ4v) is 2.04.